The molecule has 11 heteroatoms. The minimum absolute atomic E-state index is 0.0171. The first-order chi connectivity index (χ1) is 26.2. The Morgan fingerprint density at radius 1 is 1.05 bits per heavy atom. The fourth-order valence-corrected chi connectivity index (χ4v) is 6.29. The number of ether oxygens (including phenoxy) is 1. The Morgan fingerprint density at radius 3 is 2.25 bits per heavy atom. The number of aryl methyl sites for hydroxylation is 1. The molecule has 0 bridgehead atoms. The van der Waals surface area contributed by atoms with E-state index in [9.17, 15) is 14.4 Å². The Bertz CT molecular complexity index is 1740. The van der Waals surface area contributed by atoms with Gasteiger partial charge in [0.2, 0.25) is 11.8 Å². The number of pyridine rings is 1. The van der Waals surface area contributed by atoms with Crippen molar-refractivity contribution in [2.75, 3.05) is 33.1 Å². The van der Waals surface area contributed by atoms with Crippen LogP contribution in [0.1, 0.15) is 110 Å². The van der Waals surface area contributed by atoms with E-state index in [1.807, 2.05) is 33.8 Å². The van der Waals surface area contributed by atoms with Crippen LogP contribution in [0.25, 0.3) is 22.4 Å². The average molecular weight is 782 g/mol. The summed E-state index contributed by atoms with van der Waals surface area (Å²) in [6.07, 6.45) is 8.79. The van der Waals surface area contributed by atoms with E-state index in [0.29, 0.717) is 39.9 Å². The van der Waals surface area contributed by atoms with Crippen molar-refractivity contribution in [3.05, 3.63) is 75.6 Å². The number of methoxy groups -OCH3 is 1. The number of likely N-dealkylation sites (N-methyl/N-ethyl adjacent to an activating group) is 1. The predicted molar refractivity (Wildman–Crippen MR) is 227 cm³/mol. The largest absolute Gasteiger partial charge is 0.481 e. The smallest absolute Gasteiger partial charge is 0.260 e. The fraction of sp³-hybridized carbons (Fsp3) is 0.500. The van der Waals surface area contributed by atoms with Gasteiger partial charge in [-0.2, -0.15) is 0 Å². The SMILES string of the molecule is CC.CCCCC(C)CC.CNC(=O)/C(=C\CN)C(=O)Nc1cccc(-c2c(F)ccc(-c3cc4c(c(OC)n3)C(C)CC4)c2Cl)c1C.CNC(=O)C(C)C. The summed E-state index contributed by atoms with van der Waals surface area (Å²) in [6, 6.07) is 10.1. The lowest BCUT2D eigenvalue weighted by Crippen LogP contribution is -2.29. The molecular weight excluding hydrogens is 717 g/mol. The summed E-state index contributed by atoms with van der Waals surface area (Å²) < 4.78 is 20.9. The van der Waals surface area contributed by atoms with Crippen molar-refractivity contribution in [2.45, 2.75) is 107 Å². The van der Waals surface area contributed by atoms with E-state index in [4.69, 9.17) is 27.1 Å². The van der Waals surface area contributed by atoms with Crippen molar-refractivity contribution >= 4 is 35.0 Å². The molecule has 5 N–H and O–H groups in total. The number of unbranched alkanes of at least 4 members (excludes halogenated alkanes) is 1. The van der Waals surface area contributed by atoms with E-state index in [1.54, 1.807) is 45.3 Å². The van der Waals surface area contributed by atoms with Gasteiger partial charge in [-0.15, -0.1) is 0 Å². The number of benzene rings is 2. The van der Waals surface area contributed by atoms with Gasteiger partial charge in [-0.3, -0.25) is 14.4 Å². The second-order valence-corrected chi connectivity index (χ2v) is 14.0. The number of aromatic nitrogens is 1. The molecule has 0 aliphatic heterocycles. The topological polar surface area (TPSA) is 135 Å². The van der Waals surface area contributed by atoms with Crippen LogP contribution in [-0.4, -0.2) is 50.5 Å². The van der Waals surface area contributed by atoms with E-state index in [0.717, 1.165) is 29.9 Å². The Balaban J connectivity index is 0.000000744. The number of carbonyl (C=O) groups excluding carboxylic acids is 3. The van der Waals surface area contributed by atoms with Crippen LogP contribution in [0.3, 0.4) is 0 Å². The highest BCUT2D eigenvalue weighted by molar-refractivity contribution is 6.36. The molecule has 0 saturated heterocycles. The first-order valence-corrected chi connectivity index (χ1v) is 19.9. The van der Waals surface area contributed by atoms with Crippen molar-refractivity contribution in [3.8, 4) is 28.3 Å². The number of nitrogens with zero attached hydrogens (tertiary/aromatic N) is 1. The van der Waals surface area contributed by atoms with Crippen molar-refractivity contribution in [2.24, 2.45) is 17.6 Å². The standard InChI is InChI=1S/C29H30ClFN4O3.C8H18.C5H11NO.C2H6/c1-15-8-9-17-14-23(35-29(38-4)24(15)17)19-10-11-21(31)25(26(19)30)18-6-5-7-22(16(18)2)34-28(37)20(12-13-32)27(36)33-3;1-4-6-7-8(3)5-2;1-4(2)5(7)6-3;1-2/h5-7,10-12,14-15H,8-9,13,32H2,1-4H3,(H,33,36)(H,34,37);8H,4-7H2,1-3H3;4H,1-3H3,(H,6,7);1-2H3/b20-12+;;;. The third-order valence-corrected chi connectivity index (χ3v) is 9.81. The van der Waals surface area contributed by atoms with Gasteiger partial charge in [-0.1, -0.05) is 111 Å². The minimum Gasteiger partial charge on any atom is -0.481 e. The molecule has 304 valence electrons. The number of hydrogen-bond donors (Lipinski definition) is 4. The van der Waals surface area contributed by atoms with Crippen LogP contribution in [0.15, 0.2) is 48.0 Å². The molecule has 3 aromatic rings. The van der Waals surface area contributed by atoms with E-state index in [-0.39, 0.29) is 34.5 Å². The van der Waals surface area contributed by atoms with E-state index in [2.05, 4.69) is 43.6 Å². The maximum atomic E-state index is 15.3. The lowest BCUT2D eigenvalue weighted by atomic mass is 9.95. The highest BCUT2D eigenvalue weighted by Crippen LogP contribution is 2.44. The highest BCUT2D eigenvalue weighted by atomic mass is 35.5. The number of carbonyl (C=O) groups is 3. The van der Waals surface area contributed by atoms with Crippen molar-refractivity contribution in [1.29, 1.82) is 0 Å². The number of hydrogen-bond acceptors (Lipinski definition) is 6. The molecule has 2 unspecified atom stereocenters. The molecule has 55 heavy (non-hydrogen) atoms. The second-order valence-electron chi connectivity index (χ2n) is 13.6. The Labute approximate surface area is 334 Å². The lowest BCUT2D eigenvalue weighted by Gasteiger charge is -2.17. The molecular formula is C44H65ClFN5O4. The zero-order chi connectivity index (χ0) is 41.8. The molecule has 0 fully saturated rings. The van der Waals surface area contributed by atoms with Gasteiger partial charge in [0.1, 0.15) is 11.4 Å². The molecule has 2 aromatic carbocycles. The number of anilines is 1. The summed E-state index contributed by atoms with van der Waals surface area (Å²) in [4.78, 5) is 40.1. The van der Waals surface area contributed by atoms with Gasteiger partial charge in [-0.05, 0) is 72.6 Å². The zero-order valence-corrected chi connectivity index (χ0v) is 35.9. The number of fused-ring (bicyclic) bond motifs is 1. The van der Waals surface area contributed by atoms with Crippen LogP contribution in [0, 0.1) is 24.6 Å². The molecule has 9 nitrogen and oxygen atoms in total. The van der Waals surface area contributed by atoms with Gasteiger partial charge in [0.25, 0.3) is 11.8 Å². The van der Waals surface area contributed by atoms with Crippen LogP contribution < -0.4 is 26.4 Å². The molecule has 4 rings (SSSR count). The molecule has 3 amide bonds. The Kier molecular flexibility index (Phi) is 22.1. The normalized spacial score (nSPS) is 13.5. The molecule has 1 aliphatic rings. The molecule has 0 radical (unpaired) electrons. The van der Waals surface area contributed by atoms with Crippen LogP contribution in [0.2, 0.25) is 5.02 Å². The van der Waals surface area contributed by atoms with Gasteiger partial charge in [0, 0.05) is 48.9 Å². The molecule has 0 spiro atoms. The first kappa shape index (κ1) is 48.7. The summed E-state index contributed by atoms with van der Waals surface area (Å²) >= 11 is 6.86. The predicted octanol–water partition coefficient (Wildman–Crippen LogP) is 9.78. The van der Waals surface area contributed by atoms with Gasteiger partial charge in [0.05, 0.1) is 17.8 Å². The number of nitrogens with one attached hydrogen (secondary N) is 3. The summed E-state index contributed by atoms with van der Waals surface area (Å²) in [6.45, 7) is 18.5. The first-order valence-electron chi connectivity index (χ1n) is 19.5. The number of rotatable bonds is 12. The summed E-state index contributed by atoms with van der Waals surface area (Å²) in [5.41, 5.74) is 10.5. The van der Waals surface area contributed by atoms with Crippen LogP contribution in [-0.2, 0) is 20.8 Å². The molecule has 0 saturated carbocycles. The fourth-order valence-electron chi connectivity index (χ4n) is 5.94. The molecule has 2 atom stereocenters. The summed E-state index contributed by atoms with van der Waals surface area (Å²) in [5.74, 6) is 0.378. The quantitative estimate of drug-likeness (QED) is 0.0821. The lowest BCUT2D eigenvalue weighted by molar-refractivity contribution is -0.123. The number of halogens is 2. The summed E-state index contributed by atoms with van der Waals surface area (Å²) in [5, 5.41) is 7.89. The summed E-state index contributed by atoms with van der Waals surface area (Å²) in [7, 11) is 4.66. The monoisotopic (exact) mass is 781 g/mol. The van der Waals surface area contributed by atoms with Gasteiger partial charge >= 0.3 is 0 Å². The maximum absolute atomic E-state index is 15.3. The van der Waals surface area contributed by atoms with Crippen molar-refractivity contribution in [1.82, 2.24) is 15.6 Å². The van der Waals surface area contributed by atoms with Crippen molar-refractivity contribution in [3.63, 3.8) is 0 Å². The minimum atomic E-state index is -0.626. The zero-order valence-electron chi connectivity index (χ0n) is 35.1. The average Bonchev–Trinajstić information content (AvgIpc) is 3.57. The van der Waals surface area contributed by atoms with E-state index in [1.165, 1.54) is 44.9 Å². The molecule has 1 heterocycles. The number of amides is 3. The van der Waals surface area contributed by atoms with Crippen LogP contribution in [0.5, 0.6) is 5.88 Å². The third kappa shape index (κ3) is 13.8. The van der Waals surface area contributed by atoms with Gasteiger partial charge in [-0.25, -0.2) is 9.37 Å². The van der Waals surface area contributed by atoms with Crippen molar-refractivity contribution < 1.29 is 23.5 Å². The third-order valence-electron chi connectivity index (χ3n) is 9.42. The number of nitrogens with two attached hydrogens (primary N) is 1. The molecule has 1 aromatic heterocycles. The van der Waals surface area contributed by atoms with Gasteiger partial charge in [0.15, 0.2) is 0 Å². The van der Waals surface area contributed by atoms with Crippen LogP contribution >= 0.6 is 11.6 Å². The maximum Gasteiger partial charge on any atom is 0.260 e. The molecule has 1 aliphatic carbocycles. The van der Waals surface area contributed by atoms with Gasteiger partial charge < -0.3 is 26.4 Å². The Hall–Kier alpha value is -4.28. The van der Waals surface area contributed by atoms with Crippen LogP contribution in [0.4, 0.5) is 10.1 Å². The van der Waals surface area contributed by atoms with E-state index >= 15 is 4.39 Å². The highest BCUT2D eigenvalue weighted by Gasteiger charge is 2.27. The van der Waals surface area contributed by atoms with E-state index < -0.39 is 17.6 Å². The second kappa shape index (κ2) is 25.0. The Morgan fingerprint density at radius 2 is 1.73 bits per heavy atom.